The number of benzene rings is 2. The molecule has 2 aliphatic heterocycles. The van der Waals surface area contributed by atoms with Crippen LogP contribution in [0.15, 0.2) is 45.8 Å². The Kier molecular flexibility index (Phi) is 5.29. The number of carbonyl (C=O) groups is 3. The van der Waals surface area contributed by atoms with E-state index in [4.69, 9.17) is 9.47 Å². The molecule has 0 saturated carbocycles. The number of imide groups is 1. The van der Waals surface area contributed by atoms with E-state index in [1.807, 2.05) is 0 Å². The first-order valence-electron chi connectivity index (χ1n) is 8.31. The second kappa shape index (κ2) is 7.88. The lowest BCUT2D eigenvalue weighted by atomic mass is 10.2. The predicted octanol–water partition coefficient (Wildman–Crippen LogP) is 3.99. The second-order valence-corrected chi connectivity index (χ2v) is 7.87. The van der Waals surface area contributed by atoms with Crippen molar-refractivity contribution in [3.63, 3.8) is 0 Å². The normalized spacial score (nSPS) is 16.6. The van der Waals surface area contributed by atoms with Gasteiger partial charge in [-0.1, -0.05) is 28.1 Å². The number of amides is 3. The fraction of sp³-hybridized carbons (Fsp3) is 0.105. The molecule has 29 heavy (non-hydrogen) atoms. The van der Waals surface area contributed by atoms with Crippen molar-refractivity contribution in [1.82, 2.24) is 4.90 Å². The fourth-order valence-corrected chi connectivity index (χ4v) is 3.98. The van der Waals surface area contributed by atoms with Crippen LogP contribution in [-0.2, 0) is 9.59 Å². The summed E-state index contributed by atoms with van der Waals surface area (Å²) in [6.45, 7) is -0.405. The van der Waals surface area contributed by atoms with E-state index in [1.165, 1.54) is 24.3 Å². The first kappa shape index (κ1) is 19.5. The van der Waals surface area contributed by atoms with Crippen molar-refractivity contribution in [2.45, 2.75) is 0 Å². The van der Waals surface area contributed by atoms with Crippen LogP contribution in [0.4, 0.5) is 14.9 Å². The van der Waals surface area contributed by atoms with Crippen LogP contribution in [0.1, 0.15) is 5.56 Å². The quantitative estimate of drug-likeness (QED) is 0.668. The molecule has 148 valence electrons. The van der Waals surface area contributed by atoms with Gasteiger partial charge < -0.3 is 14.8 Å². The lowest BCUT2D eigenvalue weighted by molar-refractivity contribution is -0.127. The summed E-state index contributed by atoms with van der Waals surface area (Å²) in [6.07, 6.45) is 1.53. The van der Waals surface area contributed by atoms with E-state index in [0.717, 1.165) is 16.7 Å². The summed E-state index contributed by atoms with van der Waals surface area (Å²) < 4.78 is 24.9. The monoisotopic (exact) mass is 478 g/mol. The highest BCUT2D eigenvalue weighted by Crippen LogP contribution is 2.39. The first-order chi connectivity index (χ1) is 13.9. The highest BCUT2D eigenvalue weighted by atomic mass is 79.9. The van der Waals surface area contributed by atoms with Crippen LogP contribution in [-0.4, -0.2) is 35.3 Å². The average molecular weight is 479 g/mol. The van der Waals surface area contributed by atoms with E-state index in [0.29, 0.717) is 21.5 Å². The average Bonchev–Trinajstić information content (AvgIpc) is 3.23. The van der Waals surface area contributed by atoms with E-state index in [2.05, 4.69) is 21.2 Å². The lowest BCUT2D eigenvalue weighted by Crippen LogP contribution is -2.36. The molecular formula is C19H12BrFN2O5S. The molecular weight excluding hydrogens is 467 g/mol. The molecule has 0 aliphatic carbocycles. The Morgan fingerprint density at radius 3 is 2.72 bits per heavy atom. The Hall–Kier alpha value is -2.85. The smallest absolute Gasteiger partial charge is 0.294 e. The third kappa shape index (κ3) is 3.99. The van der Waals surface area contributed by atoms with Crippen molar-refractivity contribution in [3.8, 4) is 11.5 Å². The predicted molar refractivity (Wildman–Crippen MR) is 108 cm³/mol. The van der Waals surface area contributed by atoms with Gasteiger partial charge in [-0.25, -0.2) is 4.39 Å². The number of ether oxygens (including phenoxy) is 2. The number of hydrogen-bond acceptors (Lipinski definition) is 6. The zero-order valence-corrected chi connectivity index (χ0v) is 17.0. The van der Waals surface area contributed by atoms with Gasteiger partial charge in [-0.3, -0.25) is 19.3 Å². The molecule has 0 bridgehead atoms. The maximum atomic E-state index is 13.7. The number of rotatable bonds is 4. The van der Waals surface area contributed by atoms with Gasteiger partial charge in [-0.2, -0.15) is 0 Å². The van der Waals surface area contributed by atoms with Gasteiger partial charge >= 0.3 is 0 Å². The van der Waals surface area contributed by atoms with E-state index < -0.39 is 29.4 Å². The molecule has 1 N–H and O–H groups in total. The molecule has 0 aromatic heterocycles. The third-order valence-corrected chi connectivity index (χ3v) is 5.70. The number of thioether (sulfide) groups is 1. The van der Waals surface area contributed by atoms with E-state index in [1.54, 1.807) is 18.2 Å². The summed E-state index contributed by atoms with van der Waals surface area (Å²) in [4.78, 5) is 38.0. The van der Waals surface area contributed by atoms with Crippen molar-refractivity contribution in [3.05, 3.63) is 57.2 Å². The number of nitrogens with one attached hydrogen (secondary N) is 1. The summed E-state index contributed by atoms with van der Waals surface area (Å²) in [5.41, 5.74) is 0.597. The highest BCUT2D eigenvalue weighted by molar-refractivity contribution is 9.10. The fourth-order valence-electron chi connectivity index (χ4n) is 2.72. The van der Waals surface area contributed by atoms with Crippen molar-refractivity contribution in [1.29, 1.82) is 0 Å². The SMILES string of the molecule is O=C(CN1C(=O)S/C(=C\c2cc3c(cc2Br)OCO3)C1=O)Nc1ccccc1F. The Morgan fingerprint density at radius 1 is 1.24 bits per heavy atom. The number of halogens is 2. The topological polar surface area (TPSA) is 84.9 Å². The molecule has 2 aliphatic rings. The van der Waals surface area contributed by atoms with Gasteiger partial charge in [0.05, 0.1) is 10.6 Å². The second-order valence-electron chi connectivity index (χ2n) is 6.02. The first-order valence-corrected chi connectivity index (χ1v) is 9.92. The van der Waals surface area contributed by atoms with Crippen molar-refractivity contribution >= 4 is 56.5 Å². The minimum Gasteiger partial charge on any atom is -0.454 e. The molecule has 2 aromatic carbocycles. The molecule has 2 heterocycles. The van der Waals surface area contributed by atoms with Gasteiger partial charge in [0.2, 0.25) is 12.7 Å². The number of anilines is 1. The van der Waals surface area contributed by atoms with Crippen LogP contribution in [0, 0.1) is 5.82 Å². The lowest BCUT2D eigenvalue weighted by Gasteiger charge is -2.12. The molecule has 0 radical (unpaired) electrons. The van der Waals surface area contributed by atoms with Gasteiger partial charge in [0, 0.05) is 4.47 Å². The van der Waals surface area contributed by atoms with Crippen LogP contribution in [0.25, 0.3) is 6.08 Å². The highest BCUT2D eigenvalue weighted by Gasteiger charge is 2.36. The van der Waals surface area contributed by atoms with Gasteiger partial charge in [-0.15, -0.1) is 0 Å². The molecule has 0 unspecified atom stereocenters. The number of para-hydroxylation sites is 1. The summed E-state index contributed by atoms with van der Waals surface area (Å²) in [6, 6.07) is 9.02. The zero-order chi connectivity index (χ0) is 20.5. The zero-order valence-electron chi connectivity index (χ0n) is 14.6. The minimum absolute atomic E-state index is 0.0238. The van der Waals surface area contributed by atoms with Crippen LogP contribution in [0.2, 0.25) is 0 Å². The Labute approximate surface area is 177 Å². The third-order valence-electron chi connectivity index (χ3n) is 4.10. The van der Waals surface area contributed by atoms with Crippen LogP contribution in [0.5, 0.6) is 11.5 Å². The number of nitrogens with zero attached hydrogens (tertiary/aromatic N) is 1. The van der Waals surface area contributed by atoms with Crippen molar-refractivity contribution < 1.29 is 28.2 Å². The molecule has 0 atom stereocenters. The van der Waals surface area contributed by atoms with E-state index in [9.17, 15) is 18.8 Å². The molecule has 0 spiro atoms. The van der Waals surface area contributed by atoms with Crippen LogP contribution in [0.3, 0.4) is 0 Å². The molecule has 3 amide bonds. The van der Waals surface area contributed by atoms with Crippen molar-refractivity contribution in [2.24, 2.45) is 0 Å². The van der Waals surface area contributed by atoms with Gasteiger partial charge in [0.1, 0.15) is 12.4 Å². The number of carbonyl (C=O) groups excluding carboxylic acids is 3. The van der Waals surface area contributed by atoms with Gasteiger partial charge in [0.15, 0.2) is 11.5 Å². The molecule has 1 saturated heterocycles. The molecule has 4 rings (SSSR count). The molecule has 7 nitrogen and oxygen atoms in total. The van der Waals surface area contributed by atoms with Gasteiger partial charge in [-0.05, 0) is 47.7 Å². The van der Waals surface area contributed by atoms with Gasteiger partial charge in [0.25, 0.3) is 11.1 Å². The van der Waals surface area contributed by atoms with Crippen LogP contribution < -0.4 is 14.8 Å². The Balaban J connectivity index is 1.50. The van der Waals surface area contributed by atoms with E-state index >= 15 is 0 Å². The minimum atomic E-state index is -0.678. The number of hydrogen-bond donors (Lipinski definition) is 1. The largest absolute Gasteiger partial charge is 0.454 e. The molecule has 1 fully saturated rings. The van der Waals surface area contributed by atoms with Crippen molar-refractivity contribution in [2.75, 3.05) is 18.7 Å². The number of fused-ring (bicyclic) bond motifs is 1. The summed E-state index contributed by atoms with van der Waals surface area (Å²) >= 11 is 4.11. The maximum Gasteiger partial charge on any atom is 0.294 e. The standard InChI is InChI=1S/C19H12BrFN2O5S/c20-11-7-15-14(27-9-28-15)5-10(11)6-16-18(25)23(19(26)29-16)8-17(24)22-13-4-2-1-3-12(13)21/h1-7H,8-9H2,(H,22,24)/b16-6-. The van der Waals surface area contributed by atoms with Crippen LogP contribution >= 0.6 is 27.7 Å². The molecule has 10 heteroatoms. The summed E-state index contributed by atoms with van der Waals surface area (Å²) in [5, 5.41) is 1.77. The maximum absolute atomic E-state index is 13.7. The van der Waals surface area contributed by atoms with E-state index in [-0.39, 0.29) is 17.4 Å². The Morgan fingerprint density at radius 2 is 1.97 bits per heavy atom. The summed E-state index contributed by atoms with van der Waals surface area (Å²) in [5.74, 6) is -0.784. The Bertz CT molecular complexity index is 1070. The summed E-state index contributed by atoms with van der Waals surface area (Å²) in [7, 11) is 0. The molecule has 2 aromatic rings.